The number of nitrogen functional groups attached to an aromatic ring is 1. The first-order chi connectivity index (χ1) is 10.1. The number of aryl methyl sites for hydroxylation is 1. The summed E-state index contributed by atoms with van der Waals surface area (Å²) in [6, 6.07) is 2.09. The number of nitrogens with two attached hydrogens (primary N) is 1. The number of rotatable bonds is 4. The predicted molar refractivity (Wildman–Crippen MR) is 84.7 cm³/mol. The summed E-state index contributed by atoms with van der Waals surface area (Å²) < 4.78 is 5.29. The normalized spacial score (nSPS) is 18.0. The number of aliphatic hydroxyl groups is 1. The quantitative estimate of drug-likeness (QED) is 0.797. The molecule has 1 saturated heterocycles. The summed E-state index contributed by atoms with van der Waals surface area (Å²) in [5.41, 5.74) is 5.04. The molecule has 21 heavy (non-hydrogen) atoms. The Balaban J connectivity index is 1.84. The molecule has 6 nitrogen and oxygen atoms in total. The van der Waals surface area contributed by atoms with Crippen LogP contribution in [0.3, 0.4) is 0 Å². The summed E-state index contributed by atoms with van der Waals surface area (Å²) >= 11 is 1.63. The fourth-order valence-electron chi connectivity index (χ4n) is 2.47. The molecule has 0 bridgehead atoms. The third-order valence-corrected chi connectivity index (χ3v) is 4.99. The number of ether oxygens (including phenoxy) is 1. The molecule has 7 heteroatoms. The van der Waals surface area contributed by atoms with E-state index in [1.54, 1.807) is 11.3 Å². The molecule has 2 aromatic heterocycles. The molecule has 3 rings (SSSR count). The van der Waals surface area contributed by atoms with Crippen LogP contribution in [0.2, 0.25) is 0 Å². The van der Waals surface area contributed by atoms with Crippen LogP contribution in [-0.4, -0.2) is 40.4 Å². The standard InChI is InChI=1S/C14H20N4O2S/c1-2-9-7-10-11(17-13(15)18-12(10)21-9)16-8-14(19)3-5-20-6-4-14/h7,19H,2-6,8H2,1H3,(H3,15,16,17,18). The van der Waals surface area contributed by atoms with Gasteiger partial charge in [0.25, 0.3) is 0 Å². The van der Waals surface area contributed by atoms with E-state index in [1.165, 1.54) is 4.88 Å². The summed E-state index contributed by atoms with van der Waals surface area (Å²) in [6.45, 7) is 3.74. The Kier molecular flexibility index (Phi) is 3.97. The van der Waals surface area contributed by atoms with Gasteiger partial charge in [0.1, 0.15) is 10.6 Å². The Hall–Kier alpha value is -1.44. The summed E-state index contributed by atoms with van der Waals surface area (Å²) in [5.74, 6) is 0.960. The Morgan fingerprint density at radius 3 is 2.90 bits per heavy atom. The smallest absolute Gasteiger partial charge is 0.223 e. The second-order valence-electron chi connectivity index (χ2n) is 5.41. The van der Waals surface area contributed by atoms with Crippen molar-refractivity contribution in [2.24, 2.45) is 0 Å². The molecule has 0 aliphatic carbocycles. The van der Waals surface area contributed by atoms with Crippen molar-refractivity contribution < 1.29 is 9.84 Å². The first-order valence-electron chi connectivity index (χ1n) is 7.19. The van der Waals surface area contributed by atoms with E-state index in [2.05, 4.69) is 28.3 Å². The van der Waals surface area contributed by atoms with Gasteiger partial charge >= 0.3 is 0 Å². The van der Waals surface area contributed by atoms with Crippen LogP contribution in [0.1, 0.15) is 24.6 Å². The molecule has 0 amide bonds. The Morgan fingerprint density at radius 2 is 2.19 bits per heavy atom. The number of thiophene rings is 1. The van der Waals surface area contributed by atoms with E-state index in [-0.39, 0.29) is 5.95 Å². The Morgan fingerprint density at radius 1 is 1.43 bits per heavy atom. The molecule has 0 aromatic carbocycles. The zero-order valence-corrected chi connectivity index (χ0v) is 12.9. The zero-order chi connectivity index (χ0) is 14.9. The third-order valence-electron chi connectivity index (χ3n) is 3.82. The van der Waals surface area contributed by atoms with E-state index in [0.29, 0.717) is 38.4 Å². The maximum Gasteiger partial charge on any atom is 0.223 e. The third kappa shape index (κ3) is 3.09. The van der Waals surface area contributed by atoms with Crippen molar-refractivity contribution in [2.75, 3.05) is 30.8 Å². The van der Waals surface area contributed by atoms with Crippen LogP contribution >= 0.6 is 11.3 Å². The van der Waals surface area contributed by atoms with Gasteiger partial charge in [0.05, 0.1) is 11.0 Å². The molecule has 1 aliphatic rings. The number of hydrogen-bond acceptors (Lipinski definition) is 7. The van der Waals surface area contributed by atoms with Crippen molar-refractivity contribution in [3.8, 4) is 0 Å². The average molecular weight is 308 g/mol. The van der Waals surface area contributed by atoms with E-state index in [9.17, 15) is 5.11 Å². The lowest BCUT2D eigenvalue weighted by molar-refractivity contribution is -0.0543. The van der Waals surface area contributed by atoms with Crippen LogP contribution in [0.15, 0.2) is 6.07 Å². The van der Waals surface area contributed by atoms with Gasteiger partial charge in [-0.05, 0) is 12.5 Å². The second-order valence-corrected chi connectivity index (χ2v) is 6.52. The van der Waals surface area contributed by atoms with Gasteiger partial charge in [-0.1, -0.05) is 6.92 Å². The number of aromatic nitrogens is 2. The lowest BCUT2D eigenvalue weighted by atomic mass is 9.94. The van der Waals surface area contributed by atoms with E-state index >= 15 is 0 Å². The highest BCUT2D eigenvalue weighted by Crippen LogP contribution is 2.30. The van der Waals surface area contributed by atoms with Crippen LogP contribution in [0, 0.1) is 0 Å². The molecule has 1 aliphatic heterocycles. The van der Waals surface area contributed by atoms with Crippen molar-refractivity contribution in [3.05, 3.63) is 10.9 Å². The van der Waals surface area contributed by atoms with Gasteiger partial charge in [-0.15, -0.1) is 11.3 Å². The minimum atomic E-state index is -0.742. The molecule has 0 spiro atoms. The van der Waals surface area contributed by atoms with Gasteiger partial charge < -0.3 is 20.9 Å². The van der Waals surface area contributed by atoms with Crippen LogP contribution < -0.4 is 11.1 Å². The molecule has 0 atom stereocenters. The van der Waals surface area contributed by atoms with E-state index < -0.39 is 5.60 Å². The highest BCUT2D eigenvalue weighted by atomic mass is 32.1. The zero-order valence-electron chi connectivity index (χ0n) is 12.1. The maximum absolute atomic E-state index is 10.5. The van der Waals surface area contributed by atoms with Crippen molar-refractivity contribution >= 4 is 33.3 Å². The fraction of sp³-hybridized carbons (Fsp3) is 0.571. The maximum atomic E-state index is 10.5. The van der Waals surface area contributed by atoms with Crippen LogP contribution in [0.5, 0.6) is 0 Å². The highest BCUT2D eigenvalue weighted by Gasteiger charge is 2.29. The molecule has 0 unspecified atom stereocenters. The molecule has 4 N–H and O–H groups in total. The minimum Gasteiger partial charge on any atom is -0.388 e. The minimum absolute atomic E-state index is 0.258. The molecular weight excluding hydrogens is 288 g/mol. The summed E-state index contributed by atoms with van der Waals surface area (Å²) in [4.78, 5) is 10.7. The number of nitrogens with one attached hydrogen (secondary N) is 1. The molecule has 1 fully saturated rings. The Labute approximate surface area is 127 Å². The number of nitrogens with zero attached hydrogens (tertiary/aromatic N) is 2. The lowest BCUT2D eigenvalue weighted by Gasteiger charge is -2.32. The van der Waals surface area contributed by atoms with Crippen molar-refractivity contribution in [1.82, 2.24) is 9.97 Å². The summed E-state index contributed by atoms with van der Waals surface area (Å²) in [5, 5.41) is 14.7. The van der Waals surface area contributed by atoms with Crippen LogP contribution in [0.25, 0.3) is 10.2 Å². The van der Waals surface area contributed by atoms with Gasteiger partial charge in [-0.25, -0.2) is 4.98 Å². The fourth-order valence-corrected chi connectivity index (χ4v) is 3.45. The van der Waals surface area contributed by atoms with Gasteiger partial charge in [0.2, 0.25) is 5.95 Å². The number of anilines is 2. The summed E-state index contributed by atoms with van der Waals surface area (Å²) in [6.07, 6.45) is 2.22. The lowest BCUT2D eigenvalue weighted by Crippen LogP contribution is -2.42. The molecular formula is C14H20N4O2S. The van der Waals surface area contributed by atoms with Crippen LogP contribution in [0.4, 0.5) is 11.8 Å². The first-order valence-corrected chi connectivity index (χ1v) is 8.01. The van der Waals surface area contributed by atoms with E-state index in [4.69, 9.17) is 10.5 Å². The van der Waals surface area contributed by atoms with Crippen molar-refractivity contribution in [3.63, 3.8) is 0 Å². The largest absolute Gasteiger partial charge is 0.388 e. The van der Waals surface area contributed by atoms with Crippen LogP contribution in [-0.2, 0) is 11.2 Å². The number of fused-ring (bicyclic) bond motifs is 1. The van der Waals surface area contributed by atoms with Gasteiger partial charge in [0.15, 0.2) is 0 Å². The summed E-state index contributed by atoms with van der Waals surface area (Å²) in [7, 11) is 0. The van der Waals surface area contributed by atoms with Gasteiger partial charge in [0, 0.05) is 37.5 Å². The van der Waals surface area contributed by atoms with Gasteiger partial charge in [-0.3, -0.25) is 0 Å². The number of hydrogen-bond donors (Lipinski definition) is 3. The molecule has 3 heterocycles. The molecule has 114 valence electrons. The van der Waals surface area contributed by atoms with Crippen molar-refractivity contribution in [1.29, 1.82) is 0 Å². The molecule has 0 saturated carbocycles. The topological polar surface area (TPSA) is 93.3 Å². The van der Waals surface area contributed by atoms with E-state index in [1.807, 2.05) is 0 Å². The molecule has 2 aromatic rings. The van der Waals surface area contributed by atoms with E-state index in [0.717, 1.165) is 16.6 Å². The van der Waals surface area contributed by atoms with Crippen molar-refractivity contribution in [2.45, 2.75) is 31.8 Å². The highest BCUT2D eigenvalue weighted by molar-refractivity contribution is 7.18. The average Bonchev–Trinajstić information content (AvgIpc) is 2.88. The Bertz CT molecular complexity index is 637. The van der Waals surface area contributed by atoms with Gasteiger partial charge in [-0.2, -0.15) is 4.98 Å². The SMILES string of the molecule is CCc1cc2c(NCC3(O)CCOCC3)nc(N)nc2s1. The second kappa shape index (κ2) is 5.75. The first kappa shape index (κ1) is 14.5. The monoisotopic (exact) mass is 308 g/mol. The molecule has 0 radical (unpaired) electrons. The predicted octanol–water partition coefficient (Wildman–Crippen LogP) is 1.79.